The molecular weight excluding hydrogens is 304 g/mol. The van der Waals surface area contributed by atoms with Gasteiger partial charge in [0, 0.05) is 13.1 Å². The van der Waals surface area contributed by atoms with E-state index in [1.807, 2.05) is 37.4 Å². The van der Waals surface area contributed by atoms with Gasteiger partial charge in [-0.25, -0.2) is 4.79 Å². The lowest BCUT2D eigenvalue weighted by Gasteiger charge is -2.34. The van der Waals surface area contributed by atoms with Crippen molar-refractivity contribution < 1.29 is 14.7 Å². The number of nitrogens with zero attached hydrogens (tertiary/aromatic N) is 1. The fourth-order valence-electron chi connectivity index (χ4n) is 3.59. The van der Waals surface area contributed by atoms with E-state index in [1.165, 1.54) is 0 Å². The van der Waals surface area contributed by atoms with E-state index in [-0.39, 0.29) is 24.0 Å². The highest BCUT2D eigenvalue weighted by molar-refractivity contribution is 5.75. The number of benzene rings is 1. The van der Waals surface area contributed by atoms with E-state index in [4.69, 9.17) is 5.11 Å². The Labute approximate surface area is 144 Å². The Kier molecular flexibility index (Phi) is 6.23. The van der Waals surface area contributed by atoms with Crippen molar-refractivity contribution in [1.29, 1.82) is 0 Å². The molecule has 2 N–H and O–H groups in total. The minimum absolute atomic E-state index is 0.0153. The normalized spacial score (nSPS) is 22.0. The Hall–Kier alpha value is -2.04. The van der Waals surface area contributed by atoms with Gasteiger partial charge in [0.15, 0.2) is 0 Å². The number of hydrogen-bond donors (Lipinski definition) is 2. The second kappa shape index (κ2) is 8.18. The second-order valence-electron chi connectivity index (χ2n) is 7.05. The van der Waals surface area contributed by atoms with Gasteiger partial charge in [-0.2, -0.15) is 0 Å². The molecule has 1 aromatic carbocycles. The second-order valence-corrected chi connectivity index (χ2v) is 7.05. The van der Waals surface area contributed by atoms with Gasteiger partial charge in [0.1, 0.15) is 0 Å². The summed E-state index contributed by atoms with van der Waals surface area (Å²) < 4.78 is 0. The largest absolute Gasteiger partial charge is 0.481 e. The van der Waals surface area contributed by atoms with Crippen LogP contribution in [0.15, 0.2) is 30.3 Å². The first kappa shape index (κ1) is 18.3. The highest BCUT2D eigenvalue weighted by Gasteiger charge is 2.29. The maximum absolute atomic E-state index is 12.6. The Morgan fingerprint density at radius 2 is 1.71 bits per heavy atom. The van der Waals surface area contributed by atoms with Gasteiger partial charge in [-0.3, -0.25) is 4.79 Å². The fraction of sp³-hybridized carbons (Fsp3) is 0.579. The zero-order chi connectivity index (χ0) is 17.7. The van der Waals surface area contributed by atoms with Crippen LogP contribution in [-0.2, 0) is 4.79 Å². The number of urea groups is 1. The molecule has 0 aliphatic heterocycles. The Bertz CT molecular complexity index is 551. The third-order valence-electron chi connectivity index (χ3n) is 4.91. The minimum Gasteiger partial charge on any atom is -0.481 e. The first-order valence-corrected chi connectivity index (χ1v) is 8.71. The first-order valence-electron chi connectivity index (χ1n) is 8.71. The monoisotopic (exact) mass is 332 g/mol. The fourth-order valence-corrected chi connectivity index (χ4v) is 3.59. The lowest BCUT2D eigenvalue weighted by molar-refractivity contribution is -0.142. The van der Waals surface area contributed by atoms with Crippen LogP contribution in [-0.4, -0.2) is 35.1 Å². The van der Waals surface area contributed by atoms with Crippen LogP contribution in [0.3, 0.4) is 0 Å². The SMILES string of the molecule is CC(C)C(c1ccccc1)N(C)C(=O)NC1CCC(C(=O)O)CC1. The van der Waals surface area contributed by atoms with Crippen LogP contribution in [0.4, 0.5) is 4.79 Å². The van der Waals surface area contributed by atoms with E-state index in [9.17, 15) is 9.59 Å². The van der Waals surface area contributed by atoms with Crippen molar-refractivity contribution in [2.75, 3.05) is 7.05 Å². The summed E-state index contributed by atoms with van der Waals surface area (Å²) in [5, 5.41) is 12.1. The summed E-state index contributed by atoms with van der Waals surface area (Å²) in [5.41, 5.74) is 1.12. The van der Waals surface area contributed by atoms with Gasteiger partial charge in [-0.1, -0.05) is 44.2 Å². The molecule has 1 saturated carbocycles. The molecule has 1 aromatic rings. The third kappa shape index (κ3) is 4.49. The molecule has 1 aliphatic carbocycles. The zero-order valence-electron chi connectivity index (χ0n) is 14.7. The lowest BCUT2D eigenvalue weighted by atomic mass is 9.86. The Balaban J connectivity index is 1.97. The van der Waals surface area contributed by atoms with Crippen molar-refractivity contribution in [1.82, 2.24) is 10.2 Å². The zero-order valence-corrected chi connectivity index (χ0v) is 14.7. The maximum Gasteiger partial charge on any atom is 0.317 e. The number of nitrogens with one attached hydrogen (secondary N) is 1. The molecule has 0 aromatic heterocycles. The molecule has 0 bridgehead atoms. The van der Waals surface area contributed by atoms with Crippen LogP contribution in [0.5, 0.6) is 0 Å². The van der Waals surface area contributed by atoms with Crippen molar-refractivity contribution in [2.24, 2.45) is 11.8 Å². The van der Waals surface area contributed by atoms with Gasteiger partial charge in [-0.05, 0) is 37.2 Å². The van der Waals surface area contributed by atoms with Crippen molar-refractivity contribution in [2.45, 2.75) is 51.6 Å². The van der Waals surface area contributed by atoms with Crippen molar-refractivity contribution in [3.63, 3.8) is 0 Å². The van der Waals surface area contributed by atoms with Crippen LogP contribution in [0, 0.1) is 11.8 Å². The molecule has 5 heteroatoms. The molecule has 1 aliphatic rings. The number of carboxylic acids is 1. The molecule has 0 heterocycles. The molecule has 5 nitrogen and oxygen atoms in total. The van der Waals surface area contributed by atoms with Crippen molar-refractivity contribution in [3.05, 3.63) is 35.9 Å². The van der Waals surface area contributed by atoms with Gasteiger partial charge >= 0.3 is 12.0 Å². The van der Waals surface area contributed by atoms with Gasteiger partial charge in [0.25, 0.3) is 0 Å². The standard InChI is InChI=1S/C19H28N2O3/c1-13(2)17(14-7-5-4-6-8-14)21(3)19(24)20-16-11-9-15(10-12-16)18(22)23/h4-8,13,15-17H,9-12H2,1-3H3,(H,20,24)(H,22,23). The van der Waals surface area contributed by atoms with Crippen LogP contribution in [0.2, 0.25) is 0 Å². The maximum atomic E-state index is 12.6. The molecule has 0 radical (unpaired) electrons. The van der Waals surface area contributed by atoms with Gasteiger partial charge in [0.2, 0.25) is 0 Å². The van der Waals surface area contributed by atoms with Crippen LogP contribution >= 0.6 is 0 Å². The number of amides is 2. The molecular formula is C19H28N2O3. The number of hydrogen-bond acceptors (Lipinski definition) is 2. The summed E-state index contributed by atoms with van der Waals surface area (Å²) in [6.07, 6.45) is 2.73. The molecule has 2 rings (SSSR count). The topological polar surface area (TPSA) is 69.6 Å². The van der Waals surface area contributed by atoms with E-state index in [1.54, 1.807) is 4.90 Å². The lowest BCUT2D eigenvalue weighted by Crippen LogP contribution is -2.47. The molecule has 1 atom stereocenters. The number of aliphatic carboxylic acids is 1. The average molecular weight is 332 g/mol. The summed E-state index contributed by atoms with van der Waals surface area (Å²) in [5.74, 6) is -0.685. The average Bonchev–Trinajstić information content (AvgIpc) is 2.56. The van der Waals surface area contributed by atoms with Crippen molar-refractivity contribution >= 4 is 12.0 Å². The summed E-state index contributed by atoms with van der Waals surface area (Å²) in [4.78, 5) is 25.4. The minimum atomic E-state index is -0.721. The van der Waals surface area contributed by atoms with Crippen LogP contribution in [0.1, 0.15) is 51.1 Å². The third-order valence-corrected chi connectivity index (χ3v) is 4.91. The number of carbonyl (C=O) groups excluding carboxylic acids is 1. The smallest absolute Gasteiger partial charge is 0.317 e. The van der Waals surface area contributed by atoms with Crippen LogP contribution in [0.25, 0.3) is 0 Å². The molecule has 0 spiro atoms. The summed E-state index contributed by atoms with van der Waals surface area (Å²) in [6, 6.07) is 10.0. The first-order chi connectivity index (χ1) is 11.4. The van der Waals surface area contributed by atoms with E-state index in [0.717, 1.165) is 18.4 Å². The van der Waals surface area contributed by atoms with E-state index in [2.05, 4.69) is 19.2 Å². The number of carbonyl (C=O) groups is 2. The molecule has 24 heavy (non-hydrogen) atoms. The summed E-state index contributed by atoms with van der Waals surface area (Å²) >= 11 is 0. The quantitative estimate of drug-likeness (QED) is 0.864. The van der Waals surface area contributed by atoms with Gasteiger partial charge in [-0.15, -0.1) is 0 Å². The summed E-state index contributed by atoms with van der Waals surface area (Å²) in [7, 11) is 1.83. The van der Waals surface area contributed by atoms with E-state index in [0.29, 0.717) is 18.8 Å². The van der Waals surface area contributed by atoms with Gasteiger partial charge in [0.05, 0.1) is 12.0 Å². The number of rotatable bonds is 5. The Morgan fingerprint density at radius 1 is 1.12 bits per heavy atom. The predicted octanol–water partition coefficient (Wildman–Crippen LogP) is 3.67. The highest BCUT2D eigenvalue weighted by Crippen LogP contribution is 2.28. The molecule has 0 saturated heterocycles. The Morgan fingerprint density at radius 3 is 2.21 bits per heavy atom. The van der Waals surface area contributed by atoms with Gasteiger partial charge < -0.3 is 15.3 Å². The molecule has 2 amide bonds. The predicted molar refractivity (Wildman–Crippen MR) is 93.7 cm³/mol. The van der Waals surface area contributed by atoms with Crippen molar-refractivity contribution in [3.8, 4) is 0 Å². The molecule has 1 unspecified atom stereocenters. The number of carboxylic acid groups (broad SMARTS) is 1. The van der Waals surface area contributed by atoms with E-state index >= 15 is 0 Å². The van der Waals surface area contributed by atoms with E-state index < -0.39 is 5.97 Å². The summed E-state index contributed by atoms with van der Waals surface area (Å²) in [6.45, 7) is 4.22. The molecule has 132 valence electrons. The van der Waals surface area contributed by atoms with Crippen LogP contribution < -0.4 is 5.32 Å². The molecule has 1 fully saturated rings. The highest BCUT2D eigenvalue weighted by atomic mass is 16.4.